The standard InChI is InChI=1S/C21H16FN5O2/c22-15-5-3-14(4-6-15)20-19(17-9-10-24-12-25-17)21(29-27-20)26-18(28)11-13-1-7-16(23)8-2-13/h1-10,12H,11,23H2,(H,26,28). The molecule has 2 aromatic heterocycles. The normalized spacial score (nSPS) is 10.7. The van der Waals surface area contributed by atoms with Gasteiger partial charge in [0.2, 0.25) is 11.8 Å². The van der Waals surface area contributed by atoms with E-state index in [1.807, 2.05) is 0 Å². The minimum Gasteiger partial charge on any atom is -0.399 e. The topological polar surface area (TPSA) is 107 Å². The molecule has 2 heterocycles. The number of nitrogens with two attached hydrogens (primary N) is 1. The number of aromatic nitrogens is 3. The Balaban J connectivity index is 1.67. The Labute approximate surface area is 165 Å². The van der Waals surface area contributed by atoms with Gasteiger partial charge in [0.25, 0.3) is 0 Å². The van der Waals surface area contributed by atoms with Crippen LogP contribution in [0, 0.1) is 5.82 Å². The van der Waals surface area contributed by atoms with E-state index in [-0.39, 0.29) is 24.0 Å². The second kappa shape index (κ2) is 7.89. The second-order valence-electron chi connectivity index (χ2n) is 6.30. The highest BCUT2D eigenvalue weighted by atomic mass is 19.1. The van der Waals surface area contributed by atoms with E-state index in [4.69, 9.17) is 10.3 Å². The van der Waals surface area contributed by atoms with Gasteiger partial charge in [0.05, 0.1) is 17.7 Å². The summed E-state index contributed by atoms with van der Waals surface area (Å²) in [5, 5.41) is 6.81. The molecule has 0 aliphatic carbocycles. The minimum atomic E-state index is -0.363. The molecule has 0 radical (unpaired) electrons. The lowest BCUT2D eigenvalue weighted by atomic mass is 10.0. The molecule has 3 N–H and O–H groups in total. The summed E-state index contributed by atoms with van der Waals surface area (Å²) in [4.78, 5) is 20.7. The molecule has 0 saturated carbocycles. The molecule has 2 aromatic carbocycles. The summed E-state index contributed by atoms with van der Waals surface area (Å²) in [5.41, 5.74) is 9.17. The number of nitrogens with zero attached hydrogens (tertiary/aromatic N) is 3. The van der Waals surface area contributed by atoms with Crippen LogP contribution in [0.3, 0.4) is 0 Å². The first kappa shape index (κ1) is 18.3. The fourth-order valence-electron chi connectivity index (χ4n) is 2.85. The van der Waals surface area contributed by atoms with Gasteiger partial charge >= 0.3 is 0 Å². The summed E-state index contributed by atoms with van der Waals surface area (Å²) in [5.74, 6) is -0.492. The first-order chi connectivity index (χ1) is 14.1. The molecular weight excluding hydrogens is 373 g/mol. The van der Waals surface area contributed by atoms with E-state index in [9.17, 15) is 9.18 Å². The fraction of sp³-hybridized carbons (Fsp3) is 0.0476. The molecule has 0 atom stereocenters. The smallest absolute Gasteiger partial charge is 0.241 e. The molecule has 0 aliphatic heterocycles. The number of nitrogen functional groups attached to an aromatic ring is 1. The molecule has 0 bridgehead atoms. The molecule has 4 rings (SSSR count). The van der Waals surface area contributed by atoms with Gasteiger partial charge in [0.15, 0.2) is 0 Å². The van der Waals surface area contributed by atoms with Gasteiger partial charge in [0, 0.05) is 17.4 Å². The Hall–Kier alpha value is -4.07. The predicted molar refractivity (Wildman–Crippen MR) is 106 cm³/mol. The van der Waals surface area contributed by atoms with Crippen molar-refractivity contribution in [2.24, 2.45) is 0 Å². The Morgan fingerprint density at radius 1 is 1.07 bits per heavy atom. The van der Waals surface area contributed by atoms with Crippen molar-refractivity contribution in [3.8, 4) is 22.5 Å². The highest BCUT2D eigenvalue weighted by molar-refractivity contribution is 5.97. The third kappa shape index (κ3) is 4.11. The third-order valence-corrected chi connectivity index (χ3v) is 4.25. The number of halogens is 1. The number of carbonyl (C=O) groups excluding carboxylic acids is 1. The van der Waals surface area contributed by atoms with Crippen LogP contribution in [-0.2, 0) is 11.2 Å². The SMILES string of the molecule is Nc1ccc(CC(=O)Nc2onc(-c3ccc(F)cc3)c2-c2ccncn2)cc1. The summed E-state index contributed by atoms with van der Waals surface area (Å²) >= 11 is 0. The van der Waals surface area contributed by atoms with Crippen LogP contribution in [-0.4, -0.2) is 21.0 Å². The summed E-state index contributed by atoms with van der Waals surface area (Å²) < 4.78 is 18.7. The Morgan fingerprint density at radius 3 is 2.52 bits per heavy atom. The van der Waals surface area contributed by atoms with Crippen LogP contribution < -0.4 is 11.1 Å². The molecule has 144 valence electrons. The maximum absolute atomic E-state index is 13.3. The monoisotopic (exact) mass is 389 g/mol. The third-order valence-electron chi connectivity index (χ3n) is 4.25. The van der Waals surface area contributed by atoms with E-state index < -0.39 is 0 Å². The summed E-state index contributed by atoms with van der Waals surface area (Å²) in [6.07, 6.45) is 3.09. The number of nitrogens with one attached hydrogen (secondary N) is 1. The van der Waals surface area contributed by atoms with Crippen LogP contribution in [0.1, 0.15) is 5.56 Å². The van der Waals surface area contributed by atoms with Crippen LogP contribution in [0.25, 0.3) is 22.5 Å². The van der Waals surface area contributed by atoms with Gasteiger partial charge < -0.3 is 10.3 Å². The lowest BCUT2D eigenvalue weighted by molar-refractivity contribution is -0.115. The van der Waals surface area contributed by atoms with E-state index >= 15 is 0 Å². The van der Waals surface area contributed by atoms with Crippen molar-refractivity contribution in [2.75, 3.05) is 11.1 Å². The van der Waals surface area contributed by atoms with E-state index in [2.05, 4.69) is 20.4 Å². The number of amides is 1. The van der Waals surface area contributed by atoms with Gasteiger partial charge in [0.1, 0.15) is 17.8 Å². The van der Waals surface area contributed by atoms with E-state index in [0.717, 1.165) is 5.56 Å². The molecule has 0 unspecified atom stereocenters. The zero-order valence-corrected chi connectivity index (χ0v) is 15.2. The van der Waals surface area contributed by atoms with Gasteiger partial charge in [-0.3, -0.25) is 10.1 Å². The van der Waals surface area contributed by atoms with Crippen molar-refractivity contribution in [1.29, 1.82) is 0 Å². The number of hydrogen-bond donors (Lipinski definition) is 2. The first-order valence-corrected chi connectivity index (χ1v) is 8.76. The molecule has 1 amide bonds. The molecule has 7 nitrogen and oxygen atoms in total. The average molecular weight is 389 g/mol. The minimum absolute atomic E-state index is 0.135. The second-order valence-corrected chi connectivity index (χ2v) is 6.30. The van der Waals surface area contributed by atoms with Gasteiger partial charge in [-0.15, -0.1) is 0 Å². The quantitative estimate of drug-likeness (QED) is 0.504. The largest absolute Gasteiger partial charge is 0.399 e. The summed E-state index contributed by atoms with van der Waals surface area (Å²) in [6.45, 7) is 0. The number of benzene rings is 2. The van der Waals surface area contributed by atoms with Crippen molar-refractivity contribution < 1.29 is 13.7 Å². The number of rotatable bonds is 5. The molecule has 0 fully saturated rings. The van der Waals surface area contributed by atoms with Crippen LogP contribution in [0.4, 0.5) is 16.0 Å². The first-order valence-electron chi connectivity index (χ1n) is 8.76. The Morgan fingerprint density at radius 2 is 1.83 bits per heavy atom. The number of hydrogen-bond acceptors (Lipinski definition) is 6. The van der Waals surface area contributed by atoms with Crippen molar-refractivity contribution in [3.63, 3.8) is 0 Å². The van der Waals surface area contributed by atoms with E-state index in [1.165, 1.54) is 18.5 Å². The maximum Gasteiger partial charge on any atom is 0.241 e. The summed E-state index contributed by atoms with van der Waals surface area (Å²) in [7, 11) is 0. The van der Waals surface area contributed by atoms with Crippen LogP contribution in [0.15, 0.2) is 71.6 Å². The molecule has 0 spiro atoms. The Kier molecular flexibility index (Phi) is 4.98. The van der Waals surface area contributed by atoms with Crippen LogP contribution in [0.5, 0.6) is 0 Å². The molecule has 29 heavy (non-hydrogen) atoms. The highest BCUT2D eigenvalue weighted by Crippen LogP contribution is 2.36. The van der Waals surface area contributed by atoms with Gasteiger partial charge in [-0.05, 0) is 48.0 Å². The molecule has 0 saturated heterocycles. The molecule has 8 heteroatoms. The molecule has 4 aromatic rings. The lowest BCUT2D eigenvalue weighted by Crippen LogP contribution is -2.14. The zero-order chi connectivity index (χ0) is 20.2. The average Bonchev–Trinajstić information content (AvgIpc) is 3.14. The lowest BCUT2D eigenvalue weighted by Gasteiger charge is -2.06. The zero-order valence-electron chi connectivity index (χ0n) is 15.2. The van der Waals surface area contributed by atoms with Crippen molar-refractivity contribution >= 4 is 17.5 Å². The summed E-state index contributed by atoms with van der Waals surface area (Å²) in [6, 6.07) is 14.5. The van der Waals surface area contributed by atoms with Gasteiger partial charge in [-0.2, -0.15) is 0 Å². The Bertz CT molecular complexity index is 1130. The fourth-order valence-corrected chi connectivity index (χ4v) is 2.85. The van der Waals surface area contributed by atoms with Gasteiger partial charge in [-0.1, -0.05) is 17.3 Å². The van der Waals surface area contributed by atoms with E-state index in [0.29, 0.717) is 28.2 Å². The van der Waals surface area contributed by atoms with Crippen molar-refractivity contribution in [3.05, 3.63) is 78.5 Å². The molecular formula is C21H16FN5O2. The van der Waals surface area contributed by atoms with Crippen LogP contribution >= 0.6 is 0 Å². The number of anilines is 2. The van der Waals surface area contributed by atoms with Gasteiger partial charge in [-0.25, -0.2) is 14.4 Å². The number of carbonyl (C=O) groups is 1. The molecule has 0 aliphatic rings. The predicted octanol–water partition coefficient (Wildman–Crippen LogP) is 3.70. The highest BCUT2D eigenvalue weighted by Gasteiger charge is 2.22. The maximum atomic E-state index is 13.3. The van der Waals surface area contributed by atoms with Crippen molar-refractivity contribution in [2.45, 2.75) is 6.42 Å². The van der Waals surface area contributed by atoms with Crippen LogP contribution in [0.2, 0.25) is 0 Å². The van der Waals surface area contributed by atoms with E-state index in [1.54, 1.807) is 48.7 Å². The van der Waals surface area contributed by atoms with Crippen molar-refractivity contribution in [1.82, 2.24) is 15.1 Å².